The number of Topliss-reactive ketones (excluding diaryl/α,β-unsaturated/α-hetero) is 1. The second-order valence-corrected chi connectivity index (χ2v) is 12.8. The van der Waals surface area contributed by atoms with E-state index in [0.29, 0.717) is 31.4 Å². The summed E-state index contributed by atoms with van der Waals surface area (Å²) in [6.07, 6.45) is 17.2. The number of likely N-dealkylation sites (tertiary alicyclic amines) is 1. The van der Waals surface area contributed by atoms with E-state index in [9.17, 15) is 34.2 Å². The molecule has 10 nitrogen and oxygen atoms in total. The van der Waals surface area contributed by atoms with Crippen LogP contribution < -0.4 is 10.6 Å². The zero-order valence-corrected chi connectivity index (χ0v) is 32.6. The number of nitrogens with zero attached hydrogens (tertiary/aromatic N) is 1. The second-order valence-electron chi connectivity index (χ2n) is 12.8. The van der Waals surface area contributed by atoms with Crippen LogP contribution in [0.4, 0.5) is 0 Å². The molecule has 2 rings (SSSR count). The number of ketones is 1. The third-order valence-corrected chi connectivity index (χ3v) is 8.77. The van der Waals surface area contributed by atoms with Crippen LogP contribution in [0.5, 0.6) is 5.75 Å². The Hall–Kier alpha value is -2.38. The van der Waals surface area contributed by atoms with Gasteiger partial charge in [0.1, 0.15) is 17.8 Å². The smallest absolute Gasteiger partial charge is 0.326 e. The maximum Gasteiger partial charge on any atom is 0.326 e. The number of rotatable bonds is 24. The molecule has 1 fully saturated rings. The number of phenols is 1. The molecule has 282 valence electrons. The maximum atomic E-state index is 13.1. The predicted molar refractivity (Wildman–Crippen MR) is 209 cm³/mol. The number of carbonyl (C=O) groups is 5. The van der Waals surface area contributed by atoms with E-state index in [-0.39, 0.29) is 83.1 Å². The van der Waals surface area contributed by atoms with Gasteiger partial charge in [-0.25, -0.2) is 4.79 Å². The number of carbonyl (C=O) groups excluding carboxylic acids is 4. The van der Waals surface area contributed by atoms with Crippen molar-refractivity contribution in [1.82, 2.24) is 15.5 Å². The zero-order chi connectivity index (χ0) is 33.7. The second kappa shape index (κ2) is 28.3. The molecule has 49 heavy (non-hydrogen) atoms. The molecule has 3 atom stereocenters. The van der Waals surface area contributed by atoms with Gasteiger partial charge in [0, 0.05) is 32.2 Å². The molecule has 3 amide bonds. The van der Waals surface area contributed by atoms with Crippen LogP contribution in [-0.2, 0) is 30.4 Å². The topological polar surface area (TPSA) is 153 Å². The molecule has 1 aromatic rings. The number of benzene rings is 1. The molecule has 4 N–H and O–H groups in total. The Balaban J connectivity index is 0. The number of hydrogen-bond acceptors (Lipinski definition) is 6. The lowest BCUT2D eigenvalue weighted by Crippen LogP contribution is -2.50. The summed E-state index contributed by atoms with van der Waals surface area (Å²) in [6, 6.07) is 3.45. The Labute approximate surface area is 314 Å². The van der Waals surface area contributed by atoms with Crippen molar-refractivity contribution in [2.24, 2.45) is 0 Å². The number of unbranched alkanes of at least 4 members (excludes halogenated alkanes) is 12. The Kier molecular flexibility index (Phi) is 28.2. The number of nitrogens with one attached hydrogen (secondary N) is 2. The highest BCUT2D eigenvalue weighted by atomic mass is 32.1. The van der Waals surface area contributed by atoms with Gasteiger partial charge in [-0.15, -0.1) is 0 Å². The first kappa shape index (κ1) is 48.7. The van der Waals surface area contributed by atoms with Crippen molar-refractivity contribution in [1.29, 1.82) is 0 Å². The summed E-state index contributed by atoms with van der Waals surface area (Å²) in [5.41, 5.74) is 0.632. The van der Waals surface area contributed by atoms with Crippen molar-refractivity contribution in [2.45, 2.75) is 154 Å². The van der Waals surface area contributed by atoms with E-state index in [4.69, 9.17) is 0 Å². The SMILES string of the molecule is CCCCCCCCCCCCCCCC(=O)N[C@@H](C)C(=O)N1CCC[C@H]1C(=O)CCC(=O)N[C@@H](Cc1ccc(O)cc1)C(=O)O.S.S.S. The molecule has 0 radical (unpaired) electrons. The predicted octanol–water partition coefficient (Wildman–Crippen LogP) is 6.17. The largest absolute Gasteiger partial charge is 0.508 e. The number of aliphatic carboxylic acids is 1. The van der Waals surface area contributed by atoms with Gasteiger partial charge in [-0.3, -0.25) is 19.2 Å². The van der Waals surface area contributed by atoms with Crippen molar-refractivity contribution in [3.8, 4) is 5.75 Å². The molecule has 0 saturated carbocycles. The molecule has 0 aromatic heterocycles. The molecule has 1 saturated heterocycles. The first-order valence-corrected chi connectivity index (χ1v) is 17.5. The van der Waals surface area contributed by atoms with E-state index < -0.39 is 30.0 Å². The summed E-state index contributed by atoms with van der Waals surface area (Å²) < 4.78 is 0. The fourth-order valence-corrected chi connectivity index (χ4v) is 6.03. The van der Waals surface area contributed by atoms with Gasteiger partial charge in [0.15, 0.2) is 5.78 Å². The fraction of sp³-hybridized carbons (Fsp3) is 0.694. The Morgan fingerprint density at radius 2 is 1.27 bits per heavy atom. The average molecular weight is 746 g/mol. The van der Waals surface area contributed by atoms with Crippen LogP contribution >= 0.6 is 40.5 Å². The number of carboxylic acid groups (broad SMARTS) is 1. The summed E-state index contributed by atoms with van der Waals surface area (Å²) >= 11 is 0. The zero-order valence-electron chi connectivity index (χ0n) is 29.6. The van der Waals surface area contributed by atoms with E-state index in [1.54, 1.807) is 19.1 Å². The van der Waals surface area contributed by atoms with Crippen LogP contribution in [0.15, 0.2) is 24.3 Å². The van der Waals surface area contributed by atoms with Gasteiger partial charge < -0.3 is 25.7 Å². The van der Waals surface area contributed by atoms with Crippen molar-refractivity contribution >= 4 is 70.0 Å². The fourth-order valence-electron chi connectivity index (χ4n) is 6.03. The number of hydrogen-bond donors (Lipinski definition) is 4. The van der Waals surface area contributed by atoms with E-state index in [1.165, 1.54) is 81.2 Å². The lowest BCUT2D eigenvalue weighted by Gasteiger charge is -2.27. The number of aromatic hydroxyl groups is 1. The third-order valence-electron chi connectivity index (χ3n) is 8.77. The first-order valence-electron chi connectivity index (χ1n) is 17.5. The van der Waals surface area contributed by atoms with E-state index >= 15 is 0 Å². The van der Waals surface area contributed by atoms with Crippen LogP contribution in [0.1, 0.15) is 135 Å². The van der Waals surface area contributed by atoms with Crippen molar-refractivity contribution < 1.29 is 34.2 Å². The van der Waals surface area contributed by atoms with Crippen LogP contribution in [0, 0.1) is 0 Å². The molecule has 0 bridgehead atoms. The summed E-state index contributed by atoms with van der Waals surface area (Å²) in [4.78, 5) is 64.3. The van der Waals surface area contributed by atoms with Crippen molar-refractivity contribution in [2.75, 3.05) is 6.54 Å². The molecule has 1 heterocycles. The molecular formula is C36H63N3O7S3. The average Bonchev–Trinajstić information content (AvgIpc) is 3.52. The molecule has 1 aliphatic rings. The van der Waals surface area contributed by atoms with Gasteiger partial charge in [0.25, 0.3) is 0 Å². The van der Waals surface area contributed by atoms with Crippen LogP contribution in [0.25, 0.3) is 0 Å². The minimum Gasteiger partial charge on any atom is -0.508 e. The van der Waals surface area contributed by atoms with Gasteiger partial charge in [-0.05, 0) is 43.9 Å². The molecular weight excluding hydrogens is 683 g/mol. The van der Waals surface area contributed by atoms with Crippen LogP contribution in [0.3, 0.4) is 0 Å². The summed E-state index contributed by atoms with van der Waals surface area (Å²) in [5.74, 6) is -2.44. The number of carboxylic acids is 1. The van der Waals surface area contributed by atoms with Gasteiger partial charge in [-0.1, -0.05) is 96.1 Å². The highest BCUT2D eigenvalue weighted by Crippen LogP contribution is 2.21. The number of amides is 3. The van der Waals surface area contributed by atoms with Gasteiger partial charge in [-0.2, -0.15) is 40.5 Å². The lowest BCUT2D eigenvalue weighted by molar-refractivity contribution is -0.142. The minimum absolute atomic E-state index is 0. The highest BCUT2D eigenvalue weighted by molar-refractivity contribution is 7.59. The van der Waals surface area contributed by atoms with Crippen molar-refractivity contribution in [3.63, 3.8) is 0 Å². The van der Waals surface area contributed by atoms with Crippen LogP contribution in [-0.4, -0.2) is 69.3 Å². The number of phenolic OH excluding ortho intramolecular Hbond substituents is 1. The van der Waals surface area contributed by atoms with E-state index in [1.807, 2.05) is 0 Å². The molecule has 13 heteroatoms. The molecule has 1 aliphatic heterocycles. The molecule has 0 unspecified atom stereocenters. The molecule has 0 spiro atoms. The van der Waals surface area contributed by atoms with E-state index in [2.05, 4.69) is 17.6 Å². The van der Waals surface area contributed by atoms with Crippen molar-refractivity contribution in [3.05, 3.63) is 29.8 Å². The molecule has 0 aliphatic carbocycles. The van der Waals surface area contributed by atoms with Gasteiger partial charge >= 0.3 is 5.97 Å². The monoisotopic (exact) mass is 745 g/mol. The third kappa shape index (κ3) is 20.2. The van der Waals surface area contributed by atoms with E-state index in [0.717, 1.165) is 19.3 Å². The Morgan fingerprint density at radius 3 is 1.80 bits per heavy atom. The quantitative estimate of drug-likeness (QED) is 0.0924. The standard InChI is InChI=1S/C36H57N3O7.3H2S/c1-3-4-5-6-7-8-9-10-11-12-13-14-15-18-33(42)37-27(2)35(44)39-25-16-17-31(39)32(41)23-24-34(43)38-30(36(45)46)26-28-19-21-29(40)22-20-28;;;/h19-22,27,30-31,40H,3-18,23-26H2,1-2H3,(H,37,42)(H,38,43)(H,45,46);3*1H2/t27-,30-,31-;;;/m0.../s1. The minimum atomic E-state index is -1.20. The maximum absolute atomic E-state index is 13.1. The van der Waals surface area contributed by atoms with Gasteiger partial charge in [0.05, 0.1) is 6.04 Å². The summed E-state index contributed by atoms with van der Waals surface area (Å²) in [7, 11) is 0. The summed E-state index contributed by atoms with van der Waals surface area (Å²) in [5, 5.41) is 24.2. The highest BCUT2D eigenvalue weighted by Gasteiger charge is 2.36. The first-order chi connectivity index (χ1) is 22.1. The molecule has 1 aromatic carbocycles. The van der Waals surface area contributed by atoms with Gasteiger partial charge in [0.2, 0.25) is 17.7 Å². The lowest BCUT2D eigenvalue weighted by atomic mass is 10.0. The summed E-state index contributed by atoms with van der Waals surface area (Å²) in [6.45, 7) is 4.29. The Bertz CT molecular complexity index is 1110. The van der Waals surface area contributed by atoms with Crippen LogP contribution in [0.2, 0.25) is 0 Å². The Morgan fingerprint density at radius 1 is 0.755 bits per heavy atom. The normalized spacial score (nSPS) is 14.7.